The molecule has 6 heteroatoms. The van der Waals surface area contributed by atoms with Crippen molar-refractivity contribution in [2.45, 2.75) is 13.5 Å². The fourth-order valence-electron chi connectivity index (χ4n) is 3.63. The van der Waals surface area contributed by atoms with Crippen molar-refractivity contribution in [3.63, 3.8) is 0 Å². The van der Waals surface area contributed by atoms with Gasteiger partial charge in [-0.05, 0) is 47.9 Å². The first-order chi connectivity index (χ1) is 15.7. The van der Waals surface area contributed by atoms with Crippen LogP contribution in [0.25, 0.3) is 33.3 Å². The van der Waals surface area contributed by atoms with Crippen molar-refractivity contribution in [1.29, 1.82) is 0 Å². The fraction of sp³-hybridized carbons (Fsp3) is 0.0769. The molecule has 0 saturated carbocycles. The smallest absolute Gasteiger partial charge is 0.191 e. The first kappa shape index (κ1) is 19.8. The van der Waals surface area contributed by atoms with Crippen molar-refractivity contribution in [3.8, 4) is 22.4 Å². The summed E-state index contributed by atoms with van der Waals surface area (Å²) in [5.74, 6) is -0.309. The lowest BCUT2D eigenvalue weighted by atomic mass is 10.0. The van der Waals surface area contributed by atoms with E-state index in [2.05, 4.69) is 37.4 Å². The molecule has 3 aromatic heterocycles. The molecule has 0 aliphatic rings. The molecule has 5 nitrogen and oxygen atoms in total. The molecule has 0 fully saturated rings. The highest BCUT2D eigenvalue weighted by Crippen LogP contribution is 2.27. The Morgan fingerprint density at radius 2 is 1.62 bits per heavy atom. The van der Waals surface area contributed by atoms with Gasteiger partial charge in [-0.3, -0.25) is 9.97 Å². The minimum atomic E-state index is -0.480. The summed E-state index contributed by atoms with van der Waals surface area (Å²) in [6, 6.07) is 21.6. The van der Waals surface area contributed by atoms with Gasteiger partial charge in [0.1, 0.15) is 12.0 Å². The minimum absolute atomic E-state index is 0.171. The Morgan fingerprint density at radius 1 is 0.781 bits per heavy atom. The van der Waals surface area contributed by atoms with Crippen LogP contribution in [0.4, 0.5) is 10.2 Å². The number of nitrogens with zero attached hydrogens (tertiary/aromatic N) is 4. The molecule has 2 aromatic carbocycles. The van der Waals surface area contributed by atoms with E-state index in [4.69, 9.17) is 0 Å². The Kier molecular flexibility index (Phi) is 5.25. The van der Waals surface area contributed by atoms with Crippen LogP contribution < -0.4 is 5.32 Å². The van der Waals surface area contributed by atoms with Gasteiger partial charge in [-0.25, -0.2) is 14.4 Å². The Bertz CT molecular complexity index is 1400. The molecule has 0 spiro atoms. The third-order valence-electron chi connectivity index (χ3n) is 5.31. The maximum atomic E-state index is 15.2. The van der Waals surface area contributed by atoms with E-state index in [1.165, 1.54) is 6.33 Å². The van der Waals surface area contributed by atoms with E-state index in [0.717, 1.165) is 33.3 Å². The zero-order chi connectivity index (χ0) is 21.9. The summed E-state index contributed by atoms with van der Waals surface area (Å²) in [6.45, 7) is 2.42. The van der Waals surface area contributed by atoms with Gasteiger partial charge < -0.3 is 5.32 Å². The predicted octanol–water partition coefficient (Wildman–Crippen LogP) is 5.81. The van der Waals surface area contributed by atoms with Gasteiger partial charge in [-0.15, -0.1) is 0 Å². The molecule has 0 radical (unpaired) electrons. The summed E-state index contributed by atoms with van der Waals surface area (Å²) >= 11 is 0. The summed E-state index contributed by atoms with van der Waals surface area (Å²) in [5.41, 5.74) is 5.93. The lowest BCUT2D eigenvalue weighted by Crippen LogP contribution is -2.05. The molecule has 1 N–H and O–H groups in total. The van der Waals surface area contributed by atoms with Gasteiger partial charge in [0.2, 0.25) is 0 Å². The predicted molar refractivity (Wildman–Crippen MR) is 124 cm³/mol. The third-order valence-corrected chi connectivity index (χ3v) is 5.31. The number of hydrogen-bond acceptors (Lipinski definition) is 5. The monoisotopic (exact) mass is 421 g/mol. The van der Waals surface area contributed by atoms with Crippen LogP contribution in [0.5, 0.6) is 0 Å². The maximum Gasteiger partial charge on any atom is 0.191 e. The highest BCUT2D eigenvalue weighted by molar-refractivity contribution is 5.83. The van der Waals surface area contributed by atoms with E-state index in [1.54, 1.807) is 12.4 Å². The van der Waals surface area contributed by atoms with Gasteiger partial charge in [0.15, 0.2) is 11.6 Å². The van der Waals surface area contributed by atoms with Crippen LogP contribution in [-0.2, 0) is 6.54 Å². The molecule has 32 heavy (non-hydrogen) atoms. The Labute approximate surface area is 185 Å². The molecule has 0 atom stereocenters. The Hall–Kier alpha value is -4.19. The van der Waals surface area contributed by atoms with Crippen molar-refractivity contribution in [2.75, 3.05) is 5.32 Å². The second-order valence-electron chi connectivity index (χ2n) is 7.53. The number of rotatable bonds is 5. The molecule has 156 valence electrons. The van der Waals surface area contributed by atoms with Crippen LogP contribution in [0, 0.1) is 12.7 Å². The number of fused-ring (bicyclic) bond motifs is 1. The normalized spacial score (nSPS) is 10.9. The molecular weight excluding hydrogens is 401 g/mol. The molecule has 5 aromatic rings. The average molecular weight is 421 g/mol. The summed E-state index contributed by atoms with van der Waals surface area (Å²) in [6.07, 6.45) is 4.90. The number of benzene rings is 2. The molecule has 0 saturated heterocycles. The van der Waals surface area contributed by atoms with Crippen molar-refractivity contribution in [3.05, 3.63) is 103 Å². The van der Waals surface area contributed by atoms with Crippen LogP contribution in [-0.4, -0.2) is 19.9 Å². The van der Waals surface area contributed by atoms with Crippen molar-refractivity contribution >= 4 is 16.7 Å². The second-order valence-corrected chi connectivity index (χ2v) is 7.53. The van der Waals surface area contributed by atoms with Crippen LogP contribution in [0.15, 0.2) is 85.5 Å². The zero-order valence-electron chi connectivity index (χ0n) is 17.5. The van der Waals surface area contributed by atoms with E-state index in [1.807, 2.05) is 61.5 Å². The molecule has 0 bridgehead atoms. The summed E-state index contributed by atoms with van der Waals surface area (Å²) in [4.78, 5) is 16.8. The fourth-order valence-corrected chi connectivity index (χ4v) is 3.63. The van der Waals surface area contributed by atoms with Gasteiger partial charge in [-0.2, -0.15) is 0 Å². The number of aromatic nitrogens is 4. The van der Waals surface area contributed by atoms with Gasteiger partial charge in [0.05, 0.1) is 5.52 Å². The van der Waals surface area contributed by atoms with Crippen molar-refractivity contribution in [2.24, 2.45) is 0 Å². The number of aryl methyl sites for hydroxylation is 1. The molecule has 0 amide bonds. The SMILES string of the molecule is Cc1cc(-c2ccc(CNc3ncnc(-c4ccc5cccnc5c4)c3F)cc2)ccn1. The number of hydrogen-bond donors (Lipinski definition) is 1. The van der Waals surface area contributed by atoms with Gasteiger partial charge in [0, 0.05) is 35.6 Å². The molecule has 0 aliphatic heterocycles. The van der Waals surface area contributed by atoms with E-state index < -0.39 is 5.82 Å². The van der Waals surface area contributed by atoms with E-state index in [9.17, 15) is 0 Å². The largest absolute Gasteiger partial charge is 0.363 e. The number of halogens is 1. The Morgan fingerprint density at radius 3 is 2.47 bits per heavy atom. The minimum Gasteiger partial charge on any atom is -0.363 e. The number of nitrogens with one attached hydrogen (secondary N) is 1. The first-order valence-electron chi connectivity index (χ1n) is 10.3. The van der Waals surface area contributed by atoms with Gasteiger partial charge >= 0.3 is 0 Å². The second kappa shape index (κ2) is 8.51. The van der Waals surface area contributed by atoms with E-state index in [-0.39, 0.29) is 11.5 Å². The topological polar surface area (TPSA) is 63.6 Å². The quantitative estimate of drug-likeness (QED) is 0.388. The van der Waals surface area contributed by atoms with Crippen LogP contribution in [0.2, 0.25) is 0 Å². The van der Waals surface area contributed by atoms with E-state index in [0.29, 0.717) is 12.1 Å². The highest BCUT2D eigenvalue weighted by Gasteiger charge is 2.13. The summed E-state index contributed by atoms with van der Waals surface area (Å²) in [5, 5.41) is 4.09. The first-order valence-corrected chi connectivity index (χ1v) is 10.3. The van der Waals surface area contributed by atoms with E-state index >= 15 is 4.39 Å². The average Bonchev–Trinajstić information content (AvgIpc) is 2.83. The lowest BCUT2D eigenvalue weighted by molar-refractivity contribution is 0.621. The third kappa shape index (κ3) is 4.03. The molecule has 0 unspecified atom stereocenters. The van der Waals surface area contributed by atoms with Crippen LogP contribution >= 0.6 is 0 Å². The maximum absolute atomic E-state index is 15.2. The van der Waals surface area contributed by atoms with Crippen molar-refractivity contribution in [1.82, 2.24) is 19.9 Å². The summed E-state index contributed by atoms with van der Waals surface area (Å²) < 4.78 is 15.2. The summed E-state index contributed by atoms with van der Waals surface area (Å²) in [7, 11) is 0. The molecule has 5 rings (SSSR count). The number of pyridine rings is 2. The van der Waals surface area contributed by atoms with Crippen LogP contribution in [0.3, 0.4) is 0 Å². The lowest BCUT2D eigenvalue weighted by Gasteiger charge is -2.10. The molecular formula is C26H20FN5. The molecule has 0 aliphatic carbocycles. The van der Waals surface area contributed by atoms with Crippen molar-refractivity contribution < 1.29 is 4.39 Å². The molecule has 3 heterocycles. The standard InChI is InChI=1S/C26H20FN5/c1-17-13-21(10-12-28-17)19-6-4-18(5-7-19)15-30-26-24(27)25(31-16-32-26)22-9-8-20-3-2-11-29-23(20)14-22/h2-14,16H,15H2,1H3,(H,30,31,32). The highest BCUT2D eigenvalue weighted by atomic mass is 19.1. The van der Waals surface area contributed by atoms with Crippen LogP contribution in [0.1, 0.15) is 11.3 Å². The van der Waals surface area contributed by atoms with Gasteiger partial charge in [0.25, 0.3) is 0 Å². The zero-order valence-corrected chi connectivity index (χ0v) is 17.5. The van der Waals surface area contributed by atoms with Gasteiger partial charge in [-0.1, -0.05) is 42.5 Å². The number of anilines is 1. The Balaban J connectivity index is 1.35.